The molecule has 0 aliphatic rings. The number of nitro groups is 1. The average Bonchev–Trinajstić information content (AvgIpc) is 2.37. The second-order valence-corrected chi connectivity index (χ2v) is 4.60. The Morgan fingerprint density at radius 3 is 2.62 bits per heavy atom. The summed E-state index contributed by atoms with van der Waals surface area (Å²) in [4.78, 5) is 33.3. The maximum Gasteiger partial charge on any atom is 0.331 e. The number of aryl methyl sites for hydroxylation is 1. The van der Waals surface area contributed by atoms with E-state index in [4.69, 9.17) is 4.74 Å². The third-order valence-electron chi connectivity index (χ3n) is 2.46. The molecule has 1 rings (SSSR count). The van der Waals surface area contributed by atoms with E-state index in [-0.39, 0.29) is 11.4 Å². The van der Waals surface area contributed by atoms with E-state index in [1.54, 1.807) is 26.8 Å². The molecular weight excluding hydrogens is 276 g/mol. The Morgan fingerprint density at radius 2 is 2.05 bits per heavy atom. The van der Waals surface area contributed by atoms with Gasteiger partial charge in [0.1, 0.15) is 5.69 Å². The summed E-state index contributed by atoms with van der Waals surface area (Å²) in [6.45, 7) is 4.57. The van der Waals surface area contributed by atoms with Crippen molar-refractivity contribution in [1.29, 1.82) is 0 Å². The molecule has 0 radical (unpaired) electrons. The van der Waals surface area contributed by atoms with Crippen molar-refractivity contribution in [2.24, 2.45) is 0 Å². The zero-order chi connectivity index (χ0) is 16.0. The van der Waals surface area contributed by atoms with Gasteiger partial charge in [0.2, 0.25) is 0 Å². The van der Waals surface area contributed by atoms with E-state index >= 15 is 0 Å². The molecule has 112 valence electrons. The molecule has 21 heavy (non-hydrogen) atoms. The molecule has 0 saturated heterocycles. The first-order valence-corrected chi connectivity index (χ1v) is 6.16. The second kappa shape index (κ2) is 7.18. The highest BCUT2D eigenvalue weighted by Crippen LogP contribution is 2.27. The molecule has 0 aliphatic carbocycles. The fraction of sp³-hybridized carbons (Fsp3) is 0.286. The molecule has 1 amide bonds. The number of hydrogen-bond acceptors (Lipinski definition) is 5. The number of carbonyl (C=O) groups excluding carboxylic acids is 2. The smallest absolute Gasteiger partial charge is 0.331 e. The van der Waals surface area contributed by atoms with Gasteiger partial charge < -0.3 is 10.1 Å². The number of carbonyl (C=O) groups is 2. The van der Waals surface area contributed by atoms with Gasteiger partial charge in [0.25, 0.3) is 11.6 Å². The molecule has 1 aromatic rings. The van der Waals surface area contributed by atoms with Crippen molar-refractivity contribution >= 4 is 23.3 Å². The predicted molar refractivity (Wildman–Crippen MR) is 76.9 cm³/mol. The lowest BCUT2D eigenvalue weighted by Gasteiger charge is -2.08. The third-order valence-corrected chi connectivity index (χ3v) is 2.46. The number of allylic oxidation sites excluding steroid dienone is 1. The van der Waals surface area contributed by atoms with Gasteiger partial charge in [0, 0.05) is 12.1 Å². The van der Waals surface area contributed by atoms with E-state index in [9.17, 15) is 19.7 Å². The zero-order valence-corrected chi connectivity index (χ0v) is 12.0. The molecule has 1 aromatic carbocycles. The van der Waals surface area contributed by atoms with Crippen LogP contribution >= 0.6 is 0 Å². The van der Waals surface area contributed by atoms with Crippen LogP contribution in [0.3, 0.4) is 0 Å². The van der Waals surface area contributed by atoms with Crippen molar-refractivity contribution < 1.29 is 19.2 Å². The number of hydrogen-bond donors (Lipinski definition) is 1. The first kappa shape index (κ1) is 16.4. The minimum absolute atomic E-state index is 0.103. The summed E-state index contributed by atoms with van der Waals surface area (Å²) in [5.74, 6) is -1.27. The molecule has 0 atom stereocenters. The first-order chi connectivity index (χ1) is 9.81. The molecule has 7 heteroatoms. The number of anilines is 1. The minimum atomic E-state index is -0.636. The van der Waals surface area contributed by atoms with Crippen LogP contribution in [-0.4, -0.2) is 23.4 Å². The molecule has 0 unspecified atom stereocenters. The van der Waals surface area contributed by atoms with Crippen LogP contribution in [0.5, 0.6) is 0 Å². The molecule has 1 N–H and O–H groups in total. The Hall–Kier alpha value is -2.70. The van der Waals surface area contributed by atoms with Gasteiger partial charge >= 0.3 is 5.97 Å². The highest BCUT2D eigenvalue weighted by Gasteiger charge is 2.18. The summed E-state index contributed by atoms with van der Waals surface area (Å²) in [7, 11) is 0. The first-order valence-electron chi connectivity index (χ1n) is 6.16. The van der Waals surface area contributed by atoms with Crippen molar-refractivity contribution in [3.05, 3.63) is 45.5 Å². The predicted octanol–water partition coefficient (Wildman–Crippen LogP) is 2.35. The van der Waals surface area contributed by atoms with Crippen LogP contribution in [0, 0.1) is 17.0 Å². The Bertz CT molecular complexity index is 603. The fourth-order valence-corrected chi connectivity index (χ4v) is 1.56. The monoisotopic (exact) mass is 292 g/mol. The van der Waals surface area contributed by atoms with Gasteiger partial charge in [0.15, 0.2) is 6.61 Å². The number of benzene rings is 1. The van der Waals surface area contributed by atoms with Gasteiger partial charge in [0.05, 0.1) is 4.92 Å². The highest BCUT2D eigenvalue weighted by molar-refractivity contribution is 5.96. The molecule has 7 nitrogen and oxygen atoms in total. The van der Waals surface area contributed by atoms with Crippen molar-refractivity contribution in [2.75, 3.05) is 11.9 Å². The summed E-state index contributed by atoms with van der Waals surface area (Å²) < 4.78 is 4.73. The maximum absolute atomic E-state index is 11.7. The topological polar surface area (TPSA) is 98.5 Å². The molecule has 0 saturated carbocycles. The van der Waals surface area contributed by atoms with E-state index in [0.717, 1.165) is 5.57 Å². The van der Waals surface area contributed by atoms with Gasteiger partial charge in [-0.15, -0.1) is 0 Å². The lowest BCUT2D eigenvalue weighted by atomic mass is 10.1. The summed E-state index contributed by atoms with van der Waals surface area (Å²) in [5.41, 5.74) is 1.19. The fourth-order valence-electron chi connectivity index (χ4n) is 1.56. The molecular formula is C14H16N2O5. The van der Waals surface area contributed by atoms with Crippen LogP contribution in [-0.2, 0) is 14.3 Å². The van der Waals surface area contributed by atoms with Gasteiger partial charge in [-0.2, -0.15) is 0 Å². The summed E-state index contributed by atoms with van der Waals surface area (Å²) >= 11 is 0. The number of rotatable bonds is 5. The standard InChI is InChI=1S/C14H16N2O5/c1-9(2)7-13(18)21-8-12(17)15-14-10(3)5-4-6-11(14)16(19)20/h4-7H,8H2,1-3H3,(H,15,17). The number of para-hydroxylation sites is 1. The quantitative estimate of drug-likeness (QED) is 0.389. The van der Waals surface area contributed by atoms with Crippen LogP contribution < -0.4 is 5.32 Å². The number of nitro benzene ring substituents is 1. The van der Waals surface area contributed by atoms with Crippen molar-refractivity contribution in [3.8, 4) is 0 Å². The molecule has 0 bridgehead atoms. The number of esters is 1. The van der Waals surface area contributed by atoms with Gasteiger partial charge in [-0.05, 0) is 26.3 Å². The van der Waals surface area contributed by atoms with Gasteiger partial charge in [-0.25, -0.2) is 4.79 Å². The van der Waals surface area contributed by atoms with Crippen molar-refractivity contribution in [3.63, 3.8) is 0 Å². The van der Waals surface area contributed by atoms with Gasteiger partial charge in [-0.3, -0.25) is 14.9 Å². The third kappa shape index (κ3) is 5.06. The van der Waals surface area contributed by atoms with Crippen LogP contribution in [0.4, 0.5) is 11.4 Å². The maximum atomic E-state index is 11.7. The number of amides is 1. The van der Waals surface area contributed by atoms with Crippen LogP contribution in [0.15, 0.2) is 29.8 Å². The summed E-state index contributed by atoms with van der Waals surface area (Å²) in [5, 5.41) is 13.3. The van der Waals surface area contributed by atoms with Crippen LogP contribution in [0.1, 0.15) is 19.4 Å². The van der Waals surface area contributed by atoms with E-state index in [2.05, 4.69) is 5.32 Å². The van der Waals surface area contributed by atoms with E-state index in [1.165, 1.54) is 18.2 Å². The lowest BCUT2D eigenvalue weighted by Crippen LogP contribution is -2.21. The largest absolute Gasteiger partial charge is 0.452 e. The normalized spacial score (nSPS) is 9.67. The average molecular weight is 292 g/mol. The number of nitrogens with one attached hydrogen (secondary N) is 1. The van der Waals surface area contributed by atoms with Crippen LogP contribution in [0.25, 0.3) is 0 Å². The van der Waals surface area contributed by atoms with Crippen LogP contribution in [0.2, 0.25) is 0 Å². The van der Waals surface area contributed by atoms with Crippen molar-refractivity contribution in [2.45, 2.75) is 20.8 Å². The number of nitrogens with zero attached hydrogens (tertiary/aromatic N) is 1. The molecule has 0 aromatic heterocycles. The Balaban J connectivity index is 2.74. The zero-order valence-electron chi connectivity index (χ0n) is 12.0. The van der Waals surface area contributed by atoms with Crippen molar-refractivity contribution in [1.82, 2.24) is 0 Å². The highest BCUT2D eigenvalue weighted by atomic mass is 16.6. The van der Waals surface area contributed by atoms with Gasteiger partial charge in [-0.1, -0.05) is 17.7 Å². The summed E-state index contributed by atoms with van der Waals surface area (Å²) in [6, 6.07) is 4.45. The molecule has 0 aliphatic heterocycles. The Morgan fingerprint density at radius 1 is 1.38 bits per heavy atom. The lowest BCUT2D eigenvalue weighted by molar-refractivity contribution is -0.384. The Kier molecular flexibility index (Phi) is 5.59. The molecule has 0 fully saturated rings. The van der Waals surface area contributed by atoms with E-state index < -0.39 is 23.4 Å². The second-order valence-electron chi connectivity index (χ2n) is 4.60. The van der Waals surface area contributed by atoms with E-state index in [1.807, 2.05) is 0 Å². The SMILES string of the molecule is CC(C)=CC(=O)OCC(=O)Nc1c(C)cccc1[N+](=O)[O-]. The van der Waals surface area contributed by atoms with E-state index in [0.29, 0.717) is 5.56 Å². The molecule has 0 spiro atoms. The minimum Gasteiger partial charge on any atom is -0.452 e. The Labute approximate surface area is 121 Å². The molecule has 0 heterocycles. The number of ether oxygens (including phenoxy) is 1. The summed E-state index contributed by atoms with van der Waals surface area (Å²) in [6.07, 6.45) is 1.25.